The van der Waals surface area contributed by atoms with Gasteiger partial charge < -0.3 is 14.6 Å². The third kappa shape index (κ3) is 7.16. The summed E-state index contributed by atoms with van der Waals surface area (Å²) < 4.78 is 38.9. The quantitative estimate of drug-likeness (QED) is 0.297. The number of rotatable bonds is 9. The maximum Gasteiger partial charge on any atom is 0.309 e. The number of cyclic esters (lactones) is 1. The first-order valence-corrected chi connectivity index (χ1v) is 13.3. The molecule has 1 aliphatic rings. The molecule has 0 aliphatic carbocycles. The van der Waals surface area contributed by atoms with Gasteiger partial charge in [0, 0.05) is 23.2 Å². The van der Waals surface area contributed by atoms with E-state index in [9.17, 15) is 18.7 Å². The summed E-state index contributed by atoms with van der Waals surface area (Å²) in [5, 5.41) is 10.1. The van der Waals surface area contributed by atoms with Crippen molar-refractivity contribution < 1.29 is 28.2 Å². The zero-order chi connectivity index (χ0) is 28.1. The van der Waals surface area contributed by atoms with Crippen molar-refractivity contribution in [3.05, 3.63) is 94.3 Å². The number of nitrogens with zero attached hydrogens (tertiary/aromatic N) is 1. The van der Waals surface area contributed by atoms with E-state index < -0.39 is 18.2 Å². The van der Waals surface area contributed by atoms with E-state index in [1.807, 2.05) is 6.08 Å². The number of aliphatic hydroxyl groups is 1. The zero-order valence-corrected chi connectivity index (χ0v) is 22.8. The van der Waals surface area contributed by atoms with Crippen LogP contribution >= 0.6 is 0 Å². The molecule has 1 fully saturated rings. The number of halogens is 2. The predicted octanol–water partition coefficient (Wildman–Crippen LogP) is 7.07. The largest absolute Gasteiger partial charge is 0.458 e. The summed E-state index contributed by atoms with van der Waals surface area (Å²) >= 11 is 0. The van der Waals surface area contributed by atoms with Crippen molar-refractivity contribution in [2.45, 2.75) is 77.8 Å². The number of carbonyl (C=O) groups is 1. The second-order valence-electron chi connectivity index (χ2n) is 10.6. The highest BCUT2D eigenvalue weighted by atomic mass is 19.1. The third-order valence-corrected chi connectivity index (χ3v) is 6.72. The highest BCUT2D eigenvalue weighted by Gasteiger charge is 2.27. The summed E-state index contributed by atoms with van der Waals surface area (Å²) in [7, 11) is 0. The van der Waals surface area contributed by atoms with Crippen molar-refractivity contribution in [2.24, 2.45) is 0 Å². The lowest BCUT2D eigenvalue weighted by Crippen LogP contribution is -2.31. The maximum absolute atomic E-state index is 14.0. The standard InChI is InChI=1S/C32H35F2NO4/c1-19(2)31-27(14-13-26-15-25(36)16-29(37)39-26)30(22-7-11-24(34)12-8-22)28(32(35-31)20(3)4)18-38-17-21-5-9-23(33)10-6-21/h5-14,19-20,25-26,36H,15-18H2,1-4H3/b14-13+/t25-,26-/m1/s1. The lowest BCUT2D eigenvalue weighted by Gasteiger charge is -2.25. The fourth-order valence-electron chi connectivity index (χ4n) is 4.84. The molecule has 3 aromatic rings. The summed E-state index contributed by atoms with van der Waals surface area (Å²) in [5.41, 5.74) is 5.98. The van der Waals surface area contributed by atoms with Gasteiger partial charge in [0.2, 0.25) is 0 Å². The Morgan fingerprint density at radius 1 is 0.974 bits per heavy atom. The number of hydrogen-bond acceptors (Lipinski definition) is 5. The molecule has 7 heteroatoms. The van der Waals surface area contributed by atoms with Crippen LogP contribution in [0.5, 0.6) is 0 Å². The molecule has 5 nitrogen and oxygen atoms in total. The molecule has 1 saturated heterocycles. The van der Waals surface area contributed by atoms with E-state index in [4.69, 9.17) is 14.5 Å². The van der Waals surface area contributed by atoms with Gasteiger partial charge in [-0.2, -0.15) is 0 Å². The number of carbonyl (C=O) groups excluding carboxylic acids is 1. The van der Waals surface area contributed by atoms with Crippen molar-refractivity contribution in [1.29, 1.82) is 0 Å². The lowest BCUT2D eigenvalue weighted by atomic mass is 9.87. The van der Waals surface area contributed by atoms with Crippen LogP contribution in [0.1, 0.15) is 80.5 Å². The number of aliphatic hydroxyl groups excluding tert-OH is 1. The van der Waals surface area contributed by atoms with Crippen LogP contribution in [0.2, 0.25) is 0 Å². The van der Waals surface area contributed by atoms with Gasteiger partial charge in [0.15, 0.2) is 0 Å². The topological polar surface area (TPSA) is 68.7 Å². The molecular weight excluding hydrogens is 500 g/mol. The molecule has 206 valence electrons. The Morgan fingerprint density at radius 3 is 2.18 bits per heavy atom. The van der Waals surface area contributed by atoms with Crippen LogP contribution in [0.3, 0.4) is 0 Å². The number of ether oxygens (including phenoxy) is 2. The van der Waals surface area contributed by atoms with Gasteiger partial charge in [0.1, 0.15) is 17.7 Å². The van der Waals surface area contributed by atoms with Crippen molar-refractivity contribution in [3.8, 4) is 11.1 Å². The molecule has 0 saturated carbocycles. The fraction of sp³-hybridized carbons (Fsp3) is 0.375. The van der Waals surface area contributed by atoms with E-state index in [-0.39, 0.29) is 43.1 Å². The van der Waals surface area contributed by atoms with Gasteiger partial charge in [-0.25, -0.2) is 8.78 Å². The average molecular weight is 536 g/mol. The average Bonchev–Trinajstić information content (AvgIpc) is 2.88. The van der Waals surface area contributed by atoms with Crippen LogP contribution in [0.4, 0.5) is 8.78 Å². The SMILES string of the molecule is CC(C)c1nc(C(C)C)c(COCc2ccc(F)cc2)c(-c2ccc(F)cc2)c1/C=C/[C@@H]1C[C@@H](O)CC(=O)O1. The molecule has 1 aromatic heterocycles. The van der Waals surface area contributed by atoms with Gasteiger partial charge in [0.25, 0.3) is 0 Å². The molecule has 0 unspecified atom stereocenters. The van der Waals surface area contributed by atoms with Crippen LogP contribution in [-0.4, -0.2) is 28.3 Å². The van der Waals surface area contributed by atoms with E-state index in [2.05, 4.69) is 27.7 Å². The Balaban J connectivity index is 1.83. The molecule has 2 atom stereocenters. The maximum atomic E-state index is 14.0. The number of aromatic nitrogens is 1. The molecule has 0 bridgehead atoms. The number of esters is 1. The Bertz CT molecular complexity index is 1320. The Hall–Kier alpha value is -3.42. The minimum atomic E-state index is -0.751. The highest BCUT2D eigenvalue weighted by molar-refractivity contribution is 5.80. The number of hydrogen-bond donors (Lipinski definition) is 1. The number of pyridine rings is 1. The van der Waals surface area contributed by atoms with Gasteiger partial charge >= 0.3 is 5.97 Å². The molecule has 1 N–H and O–H groups in total. The molecule has 2 heterocycles. The summed E-state index contributed by atoms with van der Waals surface area (Å²) in [4.78, 5) is 17.0. The molecule has 39 heavy (non-hydrogen) atoms. The van der Waals surface area contributed by atoms with E-state index in [0.29, 0.717) is 6.42 Å². The molecule has 0 radical (unpaired) electrons. The van der Waals surface area contributed by atoms with Crippen LogP contribution in [0, 0.1) is 11.6 Å². The van der Waals surface area contributed by atoms with E-state index in [0.717, 1.165) is 39.2 Å². The third-order valence-electron chi connectivity index (χ3n) is 6.72. The summed E-state index contributed by atoms with van der Waals surface area (Å²) in [5.74, 6) is -0.932. The first kappa shape index (κ1) is 28.6. The Labute approximate surface area is 228 Å². The fourth-order valence-corrected chi connectivity index (χ4v) is 4.84. The van der Waals surface area contributed by atoms with Crippen molar-refractivity contribution in [1.82, 2.24) is 4.98 Å². The van der Waals surface area contributed by atoms with Gasteiger partial charge in [-0.1, -0.05) is 58.0 Å². The molecule has 0 amide bonds. The number of benzene rings is 2. The highest BCUT2D eigenvalue weighted by Crippen LogP contribution is 2.38. The van der Waals surface area contributed by atoms with Crippen LogP contribution in [0.15, 0.2) is 54.6 Å². The summed E-state index contributed by atoms with van der Waals surface area (Å²) in [6.45, 7) is 8.79. The van der Waals surface area contributed by atoms with Crippen LogP contribution in [-0.2, 0) is 27.5 Å². The predicted molar refractivity (Wildman–Crippen MR) is 147 cm³/mol. The molecule has 2 aromatic carbocycles. The minimum absolute atomic E-state index is 0.0113. The smallest absolute Gasteiger partial charge is 0.309 e. The van der Waals surface area contributed by atoms with Crippen LogP contribution in [0.25, 0.3) is 17.2 Å². The summed E-state index contributed by atoms with van der Waals surface area (Å²) in [6, 6.07) is 12.5. The van der Waals surface area contributed by atoms with Crippen molar-refractivity contribution in [3.63, 3.8) is 0 Å². The normalized spacial score (nSPS) is 17.8. The Kier molecular flexibility index (Phi) is 9.25. The van der Waals surface area contributed by atoms with Gasteiger partial charge in [-0.3, -0.25) is 9.78 Å². The van der Waals surface area contributed by atoms with Crippen molar-refractivity contribution >= 4 is 12.0 Å². The first-order chi connectivity index (χ1) is 18.6. The minimum Gasteiger partial charge on any atom is -0.458 e. The van der Waals surface area contributed by atoms with Crippen molar-refractivity contribution in [2.75, 3.05) is 0 Å². The second-order valence-corrected chi connectivity index (χ2v) is 10.6. The first-order valence-electron chi connectivity index (χ1n) is 13.3. The van der Waals surface area contributed by atoms with Crippen LogP contribution < -0.4 is 0 Å². The van der Waals surface area contributed by atoms with Gasteiger partial charge in [-0.05, 0) is 58.9 Å². The van der Waals surface area contributed by atoms with E-state index in [1.165, 1.54) is 24.3 Å². The molecule has 0 spiro atoms. The molecule has 1 aliphatic heterocycles. The van der Waals surface area contributed by atoms with E-state index >= 15 is 0 Å². The monoisotopic (exact) mass is 535 g/mol. The summed E-state index contributed by atoms with van der Waals surface area (Å²) in [6.07, 6.45) is 2.67. The van der Waals surface area contributed by atoms with Gasteiger partial charge in [0.05, 0.1) is 31.4 Å². The van der Waals surface area contributed by atoms with Gasteiger partial charge in [-0.15, -0.1) is 0 Å². The zero-order valence-electron chi connectivity index (χ0n) is 22.8. The van der Waals surface area contributed by atoms with E-state index in [1.54, 1.807) is 30.3 Å². The second kappa shape index (κ2) is 12.6. The lowest BCUT2D eigenvalue weighted by molar-refractivity contribution is -0.156. The molecular formula is C32H35F2NO4. The molecule has 4 rings (SSSR count). The Morgan fingerprint density at radius 2 is 1.59 bits per heavy atom.